The van der Waals surface area contributed by atoms with Crippen molar-refractivity contribution in [2.24, 2.45) is 0 Å². The lowest BCUT2D eigenvalue weighted by atomic mass is 10.2. The van der Waals surface area contributed by atoms with E-state index in [0.717, 1.165) is 35.2 Å². The SMILES string of the molecule is O=C(CCc1csc(-c2ccccn2)n1)NCC(c1ccco1)N1CCCC1. The minimum Gasteiger partial charge on any atom is -0.468 e. The molecule has 1 aliphatic heterocycles. The van der Waals surface area contributed by atoms with Gasteiger partial charge in [-0.2, -0.15) is 0 Å². The van der Waals surface area contributed by atoms with Crippen LogP contribution in [0.15, 0.2) is 52.6 Å². The summed E-state index contributed by atoms with van der Waals surface area (Å²) in [7, 11) is 0. The smallest absolute Gasteiger partial charge is 0.220 e. The highest BCUT2D eigenvalue weighted by molar-refractivity contribution is 7.13. The fourth-order valence-corrected chi connectivity index (χ4v) is 4.34. The average Bonchev–Trinajstić information content (AvgIpc) is 3.50. The number of rotatable bonds is 8. The number of carbonyl (C=O) groups is 1. The van der Waals surface area contributed by atoms with Crippen LogP contribution in [0.3, 0.4) is 0 Å². The maximum Gasteiger partial charge on any atom is 0.220 e. The summed E-state index contributed by atoms with van der Waals surface area (Å²) in [4.78, 5) is 23.7. The second kappa shape index (κ2) is 9.12. The molecule has 7 heteroatoms. The van der Waals surface area contributed by atoms with Gasteiger partial charge in [-0.05, 0) is 56.6 Å². The summed E-state index contributed by atoms with van der Waals surface area (Å²) in [6.07, 6.45) is 6.92. The Bertz CT molecular complexity index is 873. The third-order valence-electron chi connectivity index (χ3n) is 4.99. The molecule has 1 N–H and O–H groups in total. The van der Waals surface area contributed by atoms with Crippen LogP contribution in [0.1, 0.15) is 36.8 Å². The first kappa shape index (κ1) is 18.8. The van der Waals surface area contributed by atoms with E-state index >= 15 is 0 Å². The Morgan fingerprint density at radius 2 is 2.14 bits per heavy atom. The third kappa shape index (κ3) is 4.66. The Morgan fingerprint density at radius 1 is 1.25 bits per heavy atom. The van der Waals surface area contributed by atoms with Gasteiger partial charge in [-0.25, -0.2) is 4.98 Å². The molecule has 1 fully saturated rings. The Kier molecular flexibility index (Phi) is 6.14. The van der Waals surface area contributed by atoms with E-state index in [9.17, 15) is 4.79 Å². The molecule has 1 aliphatic rings. The number of carbonyl (C=O) groups excluding carboxylic acids is 1. The van der Waals surface area contributed by atoms with Gasteiger partial charge in [0.05, 0.1) is 23.7 Å². The van der Waals surface area contributed by atoms with E-state index in [1.807, 2.05) is 35.7 Å². The van der Waals surface area contributed by atoms with Crippen molar-refractivity contribution in [2.45, 2.75) is 31.7 Å². The van der Waals surface area contributed by atoms with Crippen molar-refractivity contribution >= 4 is 17.2 Å². The molecule has 3 aromatic heterocycles. The summed E-state index contributed by atoms with van der Waals surface area (Å²) in [5.74, 6) is 0.963. The molecule has 1 unspecified atom stereocenters. The van der Waals surface area contributed by atoms with Gasteiger partial charge < -0.3 is 9.73 Å². The predicted octanol–water partition coefficient (Wildman–Crippen LogP) is 3.68. The molecule has 0 bridgehead atoms. The molecule has 3 aromatic rings. The highest BCUT2D eigenvalue weighted by Gasteiger charge is 2.25. The van der Waals surface area contributed by atoms with Crippen LogP contribution in [-0.2, 0) is 11.2 Å². The van der Waals surface area contributed by atoms with Crippen molar-refractivity contribution in [3.05, 3.63) is 59.6 Å². The van der Waals surface area contributed by atoms with Gasteiger partial charge in [0.1, 0.15) is 10.8 Å². The van der Waals surface area contributed by atoms with Crippen LogP contribution in [0, 0.1) is 0 Å². The third-order valence-corrected chi connectivity index (χ3v) is 5.90. The molecule has 0 spiro atoms. The van der Waals surface area contributed by atoms with Crippen molar-refractivity contribution < 1.29 is 9.21 Å². The summed E-state index contributed by atoms with van der Waals surface area (Å²) < 4.78 is 5.61. The number of pyridine rings is 1. The van der Waals surface area contributed by atoms with Gasteiger partial charge in [-0.3, -0.25) is 14.7 Å². The van der Waals surface area contributed by atoms with Crippen molar-refractivity contribution in [1.82, 2.24) is 20.2 Å². The molecule has 0 aliphatic carbocycles. The topological polar surface area (TPSA) is 71.3 Å². The van der Waals surface area contributed by atoms with E-state index in [0.29, 0.717) is 19.4 Å². The molecule has 1 atom stereocenters. The summed E-state index contributed by atoms with van der Waals surface area (Å²) in [6, 6.07) is 9.79. The Balaban J connectivity index is 1.29. The molecule has 0 saturated carbocycles. The monoisotopic (exact) mass is 396 g/mol. The van der Waals surface area contributed by atoms with Crippen molar-refractivity contribution in [1.29, 1.82) is 0 Å². The lowest BCUT2D eigenvalue weighted by Crippen LogP contribution is -2.36. The lowest BCUT2D eigenvalue weighted by molar-refractivity contribution is -0.121. The number of hydrogen-bond donors (Lipinski definition) is 1. The second-order valence-electron chi connectivity index (χ2n) is 6.94. The number of likely N-dealkylation sites (tertiary alicyclic amines) is 1. The van der Waals surface area contributed by atoms with Crippen LogP contribution in [0.2, 0.25) is 0 Å². The first-order valence-electron chi connectivity index (χ1n) is 9.69. The fraction of sp³-hybridized carbons (Fsp3) is 0.381. The summed E-state index contributed by atoms with van der Waals surface area (Å²) in [5.41, 5.74) is 1.80. The largest absolute Gasteiger partial charge is 0.468 e. The summed E-state index contributed by atoms with van der Waals surface area (Å²) in [6.45, 7) is 2.68. The molecule has 4 heterocycles. The Labute approximate surface area is 168 Å². The molecule has 146 valence electrons. The standard InChI is InChI=1S/C21H24N4O2S/c26-20(9-8-16-15-28-21(24-16)17-6-1-2-10-22-17)23-14-18(19-7-5-13-27-19)25-11-3-4-12-25/h1-2,5-7,10,13,15,18H,3-4,8-9,11-12,14H2,(H,23,26). The number of nitrogens with zero attached hydrogens (tertiary/aromatic N) is 3. The fourth-order valence-electron chi connectivity index (χ4n) is 3.51. The van der Waals surface area contributed by atoms with Crippen LogP contribution in [0.25, 0.3) is 10.7 Å². The van der Waals surface area contributed by atoms with Gasteiger partial charge in [0.25, 0.3) is 0 Å². The quantitative estimate of drug-likeness (QED) is 0.629. The zero-order valence-electron chi connectivity index (χ0n) is 15.7. The number of nitrogens with one attached hydrogen (secondary N) is 1. The second-order valence-corrected chi connectivity index (χ2v) is 7.80. The van der Waals surface area contributed by atoms with Crippen LogP contribution in [-0.4, -0.2) is 40.4 Å². The van der Waals surface area contributed by atoms with Crippen LogP contribution in [0.4, 0.5) is 0 Å². The lowest BCUT2D eigenvalue weighted by Gasteiger charge is -2.26. The normalized spacial score (nSPS) is 15.6. The Morgan fingerprint density at radius 3 is 2.89 bits per heavy atom. The predicted molar refractivity (Wildman–Crippen MR) is 109 cm³/mol. The van der Waals surface area contributed by atoms with E-state index in [4.69, 9.17) is 4.42 Å². The number of hydrogen-bond acceptors (Lipinski definition) is 6. The zero-order chi connectivity index (χ0) is 19.2. The summed E-state index contributed by atoms with van der Waals surface area (Å²) in [5, 5.41) is 5.98. The van der Waals surface area contributed by atoms with Crippen LogP contribution in [0.5, 0.6) is 0 Å². The van der Waals surface area contributed by atoms with Gasteiger partial charge >= 0.3 is 0 Å². The molecular formula is C21H24N4O2S. The van der Waals surface area contributed by atoms with Gasteiger partial charge in [-0.15, -0.1) is 11.3 Å². The maximum absolute atomic E-state index is 12.4. The molecule has 1 saturated heterocycles. The van der Waals surface area contributed by atoms with Gasteiger partial charge in [0.2, 0.25) is 5.91 Å². The van der Waals surface area contributed by atoms with E-state index < -0.39 is 0 Å². The first-order valence-corrected chi connectivity index (χ1v) is 10.6. The van der Waals surface area contributed by atoms with Gasteiger partial charge in [0.15, 0.2) is 0 Å². The highest BCUT2D eigenvalue weighted by atomic mass is 32.1. The van der Waals surface area contributed by atoms with Crippen molar-refractivity contribution in [3.8, 4) is 10.7 Å². The van der Waals surface area contributed by atoms with Crippen molar-refractivity contribution in [3.63, 3.8) is 0 Å². The molecule has 28 heavy (non-hydrogen) atoms. The number of thiazole rings is 1. The molecular weight excluding hydrogens is 372 g/mol. The average molecular weight is 397 g/mol. The molecule has 1 amide bonds. The van der Waals surface area contributed by atoms with Gasteiger partial charge in [-0.1, -0.05) is 6.07 Å². The summed E-state index contributed by atoms with van der Waals surface area (Å²) >= 11 is 1.56. The molecule has 0 radical (unpaired) electrons. The van der Waals surface area contributed by atoms with E-state index in [1.165, 1.54) is 12.8 Å². The Hall–Kier alpha value is -2.51. The van der Waals surface area contributed by atoms with E-state index in [2.05, 4.69) is 20.2 Å². The zero-order valence-corrected chi connectivity index (χ0v) is 16.5. The maximum atomic E-state index is 12.4. The van der Waals surface area contributed by atoms with Crippen LogP contribution < -0.4 is 5.32 Å². The molecule has 4 rings (SSSR count). The number of aryl methyl sites for hydroxylation is 1. The minimum atomic E-state index is 0.0446. The first-order chi connectivity index (χ1) is 13.8. The van der Waals surface area contributed by atoms with Crippen molar-refractivity contribution in [2.75, 3.05) is 19.6 Å². The molecule has 6 nitrogen and oxygen atoms in total. The number of amides is 1. The highest BCUT2D eigenvalue weighted by Crippen LogP contribution is 2.25. The number of furan rings is 1. The number of aromatic nitrogens is 2. The van der Waals surface area contributed by atoms with Gasteiger partial charge in [0, 0.05) is 24.5 Å². The van der Waals surface area contributed by atoms with Crippen LogP contribution >= 0.6 is 11.3 Å². The molecule has 0 aromatic carbocycles. The van der Waals surface area contributed by atoms with E-state index in [-0.39, 0.29) is 11.9 Å². The minimum absolute atomic E-state index is 0.0446. The van der Waals surface area contributed by atoms with E-state index in [1.54, 1.807) is 23.8 Å².